The molecule has 0 radical (unpaired) electrons. The Morgan fingerprint density at radius 3 is 1.73 bits per heavy atom. The third kappa shape index (κ3) is 3.19. The molecular weight excluding hydrogens is 341 g/mol. The quantitative estimate of drug-likeness (QED) is 0.686. The molecule has 5 heteroatoms. The van der Waals surface area contributed by atoms with Crippen LogP contribution in [0.5, 0.6) is 0 Å². The molecule has 1 aromatic carbocycles. The summed E-state index contributed by atoms with van der Waals surface area (Å²) in [5.41, 5.74) is 0. The molecule has 0 aliphatic rings. The molecule has 62 valence electrons. The third-order valence-corrected chi connectivity index (χ3v) is 7.22. The van der Waals surface area contributed by atoms with E-state index in [0.717, 1.165) is 3.61 Å². The molecule has 0 spiro atoms. The van der Waals surface area contributed by atoms with E-state index in [2.05, 4.69) is 0 Å². The van der Waals surface area contributed by atoms with Crippen molar-refractivity contribution in [1.82, 2.24) is 0 Å². The standard InChI is InChI=1S/C6H4Cl4Te/c7-5-1-3-6(4-2-5)11(8,9)10/h1-4H. The summed E-state index contributed by atoms with van der Waals surface area (Å²) >= 11 is 2.46. The van der Waals surface area contributed by atoms with Crippen molar-refractivity contribution in [2.24, 2.45) is 0 Å². The summed E-state index contributed by atoms with van der Waals surface area (Å²) in [4.78, 5) is 0. The molecule has 0 N–H and O–H groups in total. The molecule has 0 aliphatic carbocycles. The summed E-state index contributed by atoms with van der Waals surface area (Å²) in [7, 11) is 17.4. The Balaban J connectivity index is 2.99. The summed E-state index contributed by atoms with van der Waals surface area (Å²) in [6, 6.07) is 6.97. The van der Waals surface area contributed by atoms with Crippen molar-refractivity contribution < 1.29 is 0 Å². The molecule has 0 saturated carbocycles. The number of rotatable bonds is 1. The Kier molecular flexibility index (Phi) is 3.65. The molecule has 0 fully saturated rings. The maximum absolute atomic E-state index is 5.79. The second kappa shape index (κ2) is 3.92. The number of benzene rings is 1. The van der Waals surface area contributed by atoms with Crippen LogP contribution in [-0.2, 0) is 0 Å². The van der Waals surface area contributed by atoms with E-state index in [9.17, 15) is 0 Å². The van der Waals surface area contributed by atoms with Crippen molar-refractivity contribution in [2.45, 2.75) is 0 Å². The number of halogens is 4. The van der Waals surface area contributed by atoms with Gasteiger partial charge in [-0.3, -0.25) is 0 Å². The van der Waals surface area contributed by atoms with Crippen LogP contribution in [0.3, 0.4) is 0 Å². The average molecular weight is 346 g/mol. The van der Waals surface area contributed by atoms with Crippen molar-refractivity contribution in [2.75, 3.05) is 0 Å². The van der Waals surface area contributed by atoms with Gasteiger partial charge >= 0.3 is 86.2 Å². The summed E-state index contributed by atoms with van der Waals surface area (Å²) in [5, 5.41) is 0.658. The van der Waals surface area contributed by atoms with Crippen LogP contribution in [0.15, 0.2) is 24.3 Å². The summed E-state index contributed by atoms with van der Waals surface area (Å²) in [6.45, 7) is 0. The molecule has 0 nitrogen and oxygen atoms in total. The molecule has 0 aromatic heterocycles. The Morgan fingerprint density at radius 1 is 0.909 bits per heavy atom. The monoisotopic (exact) mass is 346 g/mol. The van der Waals surface area contributed by atoms with Gasteiger partial charge < -0.3 is 0 Å². The van der Waals surface area contributed by atoms with Crippen LogP contribution in [0, 0.1) is 0 Å². The van der Waals surface area contributed by atoms with Gasteiger partial charge in [0.15, 0.2) is 0 Å². The van der Waals surface area contributed by atoms with Crippen LogP contribution in [0.25, 0.3) is 0 Å². The minimum atomic E-state index is -3.19. The molecule has 11 heavy (non-hydrogen) atoms. The minimum absolute atomic E-state index is 0.658. The van der Waals surface area contributed by atoms with Crippen molar-refractivity contribution in [3.8, 4) is 0 Å². The fraction of sp³-hybridized carbons (Fsp3) is 0. The van der Waals surface area contributed by atoms with Gasteiger partial charge in [-0.25, -0.2) is 0 Å². The molecule has 0 atom stereocenters. The van der Waals surface area contributed by atoms with Gasteiger partial charge in [0.25, 0.3) is 0 Å². The SMILES string of the molecule is Clc1ccc([Te](Cl)(Cl)Cl)cc1. The van der Waals surface area contributed by atoms with Crippen LogP contribution >= 0.6 is 38.5 Å². The van der Waals surface area contributed by atoms with Gasteiger partial charge in [-0.2, -0.15) is 0 Å². The Labute approximate surface area is 85.4 Å². The Hall–Kier alpha value is 1.17. The first-order chi connectivity index (χ1) is 5.00. The Morgan fingerprint density at radius 2 is 1.36 bits per heavy atom. The molecule has 0 saturated heterocycles. The first kappa shape index (κ1) is 10.3. The predicted molar refractivity (Wildman–Crippen MR) is 54.4 cm³/mol. The summed E-state index contributed by atoms with van der Waals surface area (Å²) in [6.07, 6.45) is 0. The second-order valence-electron chi connectivity index (χ2n) is 1.86. The van der Waals surface area contributed by atoms with Gasteiger partial charge in [-0.15, -0.1) is 0 Å². The Bertz CT molecular complexity index is 238. The normalized spacial score (nSPS) is 13.1. The zero-order valence-electron chi connectivity index (χ0n) is 5.23. The molecule has 0 heterocycles. The van der Waals surface area contributed by atoms with Crippen LogP contribution in [0.4, 0.5) is 0 Å². The van der Waals surface area contributed by atoms with E-state index in [4.69, 9.17) is 38.5 Å². The molecule has 1 rings (SSSR count). The van der Waals surface area contributed by atoms with E-state index in [1.54, 1.807) is 24.3 Å². The van der Waals surface area contributed by atoms with E-state index in [-0.39, 0.29) is 0 Å². The first-order valence-corrected chi connectivity index (χ1v) is 13.1. The average Bonchev–Trinajstić information content (AvgIpc) is 1.86. The van der Waals surface area contributed by atoms with Crippen LogP contribution in [0.2, 0.25) is 5.02 Å². The van der Waals surface area contributed by atoms with Crippen molar-refractivity contribution in [3.63, 3.8) is 0 Å². The molecule has 0 unspecified atom stereocenters. The van der Waals surface area contributed by atoms with E-state index in [1.165, 1.54) is 0 Å². The molecule has 0 bridgehead atoms. The van der Waals surface area contributed by atoms with Crippen LogP contribution < -0.4 is 3.61 Å². The van der Waals surface area contributed by atoms with Gasteiger partial charge in [0.05, 0.1) is 0 Å². The first-order valence-electron chi connectivity index (χ1n) is 2.68. The van der Waals surface area contributed by atoms with Crippen molar-refractivity contribution in [3.05, 3.63) is 29.3 Å². The van der Waals surface area contributed by atoms with E-state index in [1.807, 2.05) is 0 Å². The van der Waals surface area contributed by atoms with E-state index < -0.39 is 14.8 Å². The van der Waals surface area contributed by atoms with Crippen LogP contribution in [-0.4, -0.2) is 14.8 Å². The predicted octanol–water partition coefficient (Wildman–Crippen LogP) is 3.20. The zero-order chi connectivity index (χ0) is 8.48. The zero-order valence-corrected chi connectivity index (χ0v) is 10.6. The van der Waals surface area contributed by atoms with Gasteiger partial charge in [0.1, 0.15) is 0 Å². The van der Waals surface area contributed by atoms with Gasteiger partial charge in [0, 0.05) is 0 Å². The topological polar surface area (TPSA) is 0 Å². The molecule has 0 amide bonds. The van der Waals surface area contributed by atoms with Gasteiger partial charge in [-0.1, -0.05) is 0 Å². The van der Waals surface area contributed by atoms with E-state index in [0.29, 0.717) is 5.02 Å². The van der Waals surface area contributed by atoms with Gasteiger partial charge in [-0.05, 0) is 0 Å². The summed E-state index contributed by atoms with van der Waals surface area (Å²) in [5.74, 6) is 0. The maximum atomic E-state index is 5.79. The fourth-order valence-electron chi connectivity index (χ4n) is 0.589. The number of hydrogen-bond acceptors (Lipinski definition) is 0. The van der Waals surface area contributed by atoms with Gasteiger partial charge in [0.2, 0.25) is 0 Å². The molecular formula is C6H4Cl4Te. The van der Waals surface area contributed by atoms with Crippen LogP contribution in [0.1, 0.15) is 0 Å². The van der Waals surface area contributed by atoms with Crippen molar-refractivity contribution >= 4 is 56.9 Å². The number of hydrogen-bond donors (Lipinski definition) is 0. The summed E-state index contributed by atoms with van der Waals surface area (Å²) < 4.78 is 0.808. The molecule has 1 aromatic rings. The van der Waals surface area contributed by atoms with Crippen molar-refractivity contribution in [1.29, 1.82) is 0 Å². The van der Waals surface area contributed by atoms with E-state index >= 15 is 0 Å². The third-order valence-electron chi connectivity index (χ3n) is 1.08. The second-order valence-corrected chi connectivity index (χ2v) is 18.5. The molecule has 0 aliphatic heterocycles. The fourth-order valence-corrected chi connectivity index (χ4v) is 4.05.